The molecule has 3 rings (SSSR count). The Morgan fingerprint density at radius 1 is 1.48 bits per heavy atom. The van der Waals surface area contributed by atoms with Gasteiger partial charge in [-0.25, -0.2) is 0 Å². The molecule has 2 fully saturated rings. The second-order valence-electron chi connectivity index (χ2n) is 6.44. The van der Waals surface area contributed by atoms with Crippen LogP contribution in [0.3, 0.4) is 0 Å². The van der Waals surface area contributed by atoms with Crippen molar-refractivity contribution >= 4 is 0 Å². The smallest absolute Gasteiger partial charge is 0.0859 e. The minimum absolute atomic E-state index is 0.0120. The molecule has 1 aliphatic heterocycles. The van der Waals surface area contributed by atoms with Crippen LogP contribution in [-0.2, 0) is 16.0 Å². The SMILES string of the molecule is COC[C@H]1CCC[C@]12CN(Cc1cccc(C)n1)CCO2. The van der Waals surface area contributed by atoms with Crippen LogP contribution in [0, 0.1) is 12.8 Å². The standard InChI is InChI=1S/C17H26N2O2/c1-14-5-3-7-16(18-14)11-19-9-10-21-17(13-19)8-4-6-15(17)12-20-2/h3,5,7,15H,4,6,8-13H2,1-2H3/t15-,17+/m1/s1. The fraction of sp³-hybridized carbons (Fsp3) is 0.706. The molecular weight excluding hydrogens is 264 g/mol. The molecule has 1 aromatic rings. The lowest BCUT2D eigenvalue weighted by Crippen LogP contribution is -2.54. The van der Waals surface area contributed by atoms with E-state index in [-0.39, 0.29) is 5.60 Å². The summed E-state index contributed by atoms with van der Waals surface area (Å²) in [6.45, 7) is 6.62. The van der Waals surface area contributed by atoms with Gasteiger partial charge in [0.1, 0.15) is 0 Å². The van der Waals surface area contributed by atoms with Crippen molar-refractivity contribution in [3.63, 3.8) is 0 Å². The number of hydrogen-bond donors (Lipinski definition) is 0. The van der Waals surface area contributed by atoms with Crippen molar-refractivity contribution in [2.45, 2.75) is 38.3 Å². The molecule has 1 aromatic heterocycles. The van der Waals surface area contributed by atoms with E-state index in [0.717, 1.165) is 44.2 Å². The maximum atomic E-state index is 6.24. The third kappa shape index (κ3) is 3.28. The average Bonchev–Trinajstić information content (AvgIpc) is 2.82. The van der Waals surface area contributed by atoms with E-state index in [4.69, 9.17) is 9.47 Å². The average molecular weight is 290 g/mol. The largest absolute Gasteiger partial charge is 0.384 e. The summed E-state index contributed by atoms with van der Waals surface area (Å²) in [6.07, 6.45) is 3.65. The minimum Gasteiger partial charge on any atom is -0.384 e. The molecule has 2 aliphatic rings. The number of hydrogen-bond acceptors (Lipinski definition) is 4. The van der Waals surface area contributed by atoms with E-state index in [1.165, 1.54) is 19.3 Å². The summed E-state index contributed by atoms with van der Waals surface area (Å²) < 4.78 is 11.7. The first kappa shape index (κ1) is 14.9. The Hall–Kier alpha value is -0.970. The molecule has 0 unspecified atom stereocenters. The van der Waals surface area contributed by atoms with Crippen molar-refractivity contribution in [2.75, 3.05) is 33.4 Å². The Bertz CT molecular complexity index is 480. The van der Waals surface area contributed by atoms with Gasteiger partial charge in [0.15, 0.2) is 0 Å². The van der Waals surface area contributed by atoms with Crippen LogP contribution in [0.5, 0.6) is 0 Å². The molecule has 116 valence electrons. The van der Waals surface area contributed by atoms with E-state index in [1.54, 1.807) is 7.11 Å². The first-order chi connectivity index (χ1) is 10.2. The lowest BCUT2D eigenvalue weighted by molar-refractivity contribution is -0.141. The quantitative estimate of drug-likeness (QED) is 0.853. The molecule has 0 radical (unpaired) electrons. The highest BCUT2D eigenvalue weighted by Gasteiger charge is 2.46. The van der Waals surface area contributed by atoms with Crippen LogP contribution in [0.15, 0.2) is 18.2 Å². The third-order valence-electron chi connectivity index (χ3n) is 4.88. The van der Waals surface area contributed by atoms with Crippen molar-refractivity contribution in [3.8, 4) is 0 Å². The van der Waals surface area contributed by atoms with Gasteiger partial charge in [0.2, 0.25) is 0 Å². The zero-order valence-corrected chi connectivity index (χ0v) is 13.2. The molecular formula is C17H26N2O2. The Kier molecular flexibility index (Phi) is 4.57. The van der Waals surface area contributed by atoms with Crippen LogP contribution in [0.4, 0.5) is 0 Å². The minimum atomic E-state index is 0.0120. The number of methoxy groups -OCH3 is 1. The normalized spacial score (nSPS) is 30.1. The van der Waals surface area contributed by atoms with Crippen LogP contribution < -0.4 is 0 Å². The highest BCUT2D eigenvalue weighted by Crippen LogP contribution is 2.41. The van der Waals surface area contributed by atoms with Crippen molar-refractivity contribution in [2.24, 2.45) is 5.92 Å². The Labute approximate surface area is 127 Å². The van der Waals surface area contributed by atoms with Gasteiger partial charge < -0.3 is 9.47 Å². The molecule has 21 heavy (non-hydrogen) atoms. The van der Waals surface area contributed by atoms with Crippen molar-refractivity contribution in [3.05, 3.63) is 29.6 Å². The van der Waals surface area contributed by atoms with E-state index in [1.807, 2.05) is 0 Å². The van der Waals surface area contributed by atoms with Gasteiger partial charge >= 0.3 is 0 Å². The lowest BCUT2D eigenvalue weighted by atomic mass is 9.89. The third-order valence-corrected chi connectivity index (χ3v) is 4.88. The fourth-order valence-electron chi connectivity index (χ4n) is 3.88. The number of morpholine rings is 1. The summed E-state index contributed by atoms with van der Waals surface area (Å²) >= 11 is 0. The summed E-state index contributed by atoms with van der Waals surface area (Å²) in [5.41, 5.74) is 2.26. The van der Waals surface area contributed by atoms with Gasteiger partial charge in [-0.15, -0.1) is 0 Å². The van der Waals surface area contributed by atoms with E-state index in [9.17, 15) is 0 Å². The highest BCUT2D eigenvalue weighted by molar-refractivity contribution is 5.10. The van der Waals surface area contributed by atoms with Gasteiger partial charge in [-0.1, -0.05) is 12.5 Å². The summed E-state index contributed by atoms with van der Waals surface area (Å²) in [6, 6.07) is 6.27. The zero-order chi connectivity index (χ0) is 14.7. The number of aromatic nitrogens is 1. The highest BCUT2D eigenvalue weighted by atomic mass is 16.5. The fourth-order valence-corrected chi connectivity index (χ4v) is 3.88. The molecule has 1 spiro atoms. The molecule has 2 heterocycles. The number of ether oxygens (including phenoxy) is 2. The second-order valence-corrected chi connectivity index (χ2v) is 6.44. The molecule has 1 saturated heterocycles. The van der Waals surface area contributed by atoms with E-state index in [0.29, 0.717) is 5.92 Å². The van der Waals surface area contributed by atoms with Gasteiger partial charge in [-0.05, 0) is 31.9 Å². The predicted molar refractivity (Wildman–Crippen MR) is 82.2 cm³/mol. The van der Waals surface area contributed by atoms with Crippen molar-refractivity contribution in [1.82, 2.24) is 9.88 Å². The van der Waals surface area contributed by atoms with Crippen LogP contribution >= 0.6 is 0 Å². The Morgan fingerprint density at radius 2 is 2.38 bits per heavy atom. The van der Waals surface area contributed by atoms with Gasteiger partial charge in [0.25, 0.3) is 0 Å². The lowest BCUT2D eigenvalue weighted by Gasteiger charge is -2.44. The zero-order valence-electron chi connectivity index (χ0n) is 13.2. The van der Waals surface area contributed by atoms with Crippen molar-refractivity contribution < 1.29 is 9.47 Å². The van der Waals surface area contributed by atoms with Gasteiger partial charge in [-0.2, -0.15) is 0 Å². The first-order valence-electron chi connectivity index (χ1n) is 8.00. The molecule has 0 bridgehead atoms. The number of nitrogens with zero attached hydrogens (tertiary/aromatic N) is 2. The van der Waals surface area contributed by atoms with Crippen LogP contribution in [0.1, 0.15) is 30.7 Å². The Morgan fingerprint density at radius 3 is 3.19 bits per heavy atom. The summed E-state index contributed by atoms with van der Waals surface area (Å²) in [7, 11) is 1.79. The number of pyridine rings is 1. The van der Waals surface area contributed by atoms with Crippen LogP contribution in [0.25, 0.3) is 0 Å². The molecule has 0 N–H and O–H groups in total. The van der Waals surface area contributed by atoms with E-state index in [2.05, 4.69) is 35.0 Å². The van der Waals surface area contributed by atoms with Crippen molar-refractivity contribution in [1.29, 1.82) is 0 Å². The summed E-state index contributed by atoms with van der Waals surface area (Å²) in [5, 5.41) is 0. The van der Waals surface area contributed by atoms with E-state index < -0.39 is 0 Å². The van der Waals surface area contributed by atoms with Crippen LogP contribution in [0.2, 0.25) is 0 Å². The second kappa shape index (κ2) is 6.42. The van der Waals surface area contributed by atoms with Gasteiger partial charge in [0, 0.05) is 38.4 Å². The Balaban J connectivity index is 1.68. The van der Waals surface area contributed by atoms with Gasteiger partial charge in [0.05, 0.1) is 24.5 Å². The number of aryl methyl sites for hydroxylation is 1. The maximum absolute atomic E-state index is 6.24. The molecule has 2 atom stereocenters. The molecule has 4 nitrogen and oxygen atoms in total. The first-order valence-corrected chi connectivity index (χ1v) is 8.00. The topological polar surface area (TPSA) is 34.6 Å². The molecule has 1 aliphatic carbocycles. The molecule has 1 saturated carbocycles. The van der Waals surface area contributed by atoms with Crippen LogP contribution in [-0.4, -0.2) is 48.9 Å². The molecule has 0 aromatic carbocycles. The molecule has 4 heteroatoms. The summed E-state index contributed by atoms with van der Waals surface area (Å²) in [4.78, 5) is 7.13. The number of rotatable bonds is 4. The van der Waals surface area contributed by atoms with Gasteiger partial charge in [-0.3, -0.25) is 9.88 Å². The van der Waals surface area contributed by atoms with E-state index >= 15 is 0 Å². The molecule has 0 amide bonds. The predicted octanol–water partition coefficient (Wildman–Crippen LogP) is 2.41. The maximum Gasteiger partial charge on any atom is 0.0859 e. The summed E-state index contributed by atoms with van der Waals surface area (Å²) in [5.74, 6) is 0.538. The monoisotopic (exact) mass is 290 g/mol.